The average Bonchev–Trinajstić information content (AvgIpc) is 2.69. The van der Waals surface area contributed by atoms with Crippen LogP contribution in [-0.2, 0) is 9.59 Å². The molecule has 0 atom stereocenters. The molecule has 130 valence electrons. The first-order valence-electron chi connectivity index (χ1n) is 8.11. The van der Waals surface area contributed by atoms with Gasteiger partial charge in [0.2, 0.25) is 0 Å². The van der Waals surface area contributed by atoms with Gasteiger partial charge in [0.1, 0.15) is 0 Å². The van der Waals surface area contributed by atoms with Crippen LogP contribution in [0.5, 0.6) is 0 Å². The number of carbonyl (C=O) groups excluding carboxylic acids is 2. The molecule has 26 heavy (non-hydrogen) atoms. The maximum Gasteiger partial charge on any atom is 0.316 e. The highest BCUT2D eigenvalue weighted by Crippen LogP contribution is 2.33. The lowest BCUT2D eigenvalue weighted by atomic mass is 10.3. The Bertz CT molecular complexity index is 898. The monoisotopic (exact) mass is 362 g/mol. The zero-order valence-corrected chi connectivity index (χ0v) is 15.1. The van der Waals surface area contributed by atoms with Gasteiger partial charge >= 0.3 is 11.8 Å². The predicted octanol–water partition coefficient (Wildman–Crippen LogP) is 4.44. The second-order valence-corrected chi connectivity index (χ2v) is 6.68. The summed E-state index contributed by atoms with van der Waals surface area (Å²) in [6, 6.07) is 26.4. The number of amides is 2. The normalized spacial score (nSPS) is 10.2. The number of likely N-dealkylation sites (N-methyl/N-ethyl adjacent to an activating group) is 1. The van der Waals surface area contributed by atoms with Crippen molar-refractivity contribution < 1.29 is 9.59 Å². The van der Waals surface area contributed by atoms with Crippen molar-refractivity contribution >= 4 is 35.0 Å². The van der Waals surface area contributed by atoms with Crippen LogP contribution < -0.4 is 10.2 Å². The Morgan fingerprint density at radius 2 is 1.38 bits per heavy atom. The van der Waals surface area contributed by atoms with E-state index in [4.69, 9.17) is 0 Å². The Hall–Kier alpha value is -3.05. The van der Waals surface area contributed by atoms with E-state index in [2.05, 4.69) is 5.32 Å². The number of carbonyl (C=O) groups is 2. The fourth-order valence-corrected chi connectivity index (χ4v) is 3.29. The van der Waals surface area contributed by atoms with Crippen molar-refractivity contribution in [2.75, 3.05) is 17.3 Å². The van der Waals surface area contributed by atoms with Crippen LogP contribution in [0.4, 0.5) is 11.4 Å². The van der Waals surface area contributed by atoms with E-state index in [0.29, 0.717) is 11.4 Å². The molecule has 2 amide bonds. The molecule has 4 nitrogen and oxygen atoms in total. The lowest BCUT2D eigenvalue weighted by Gasteiger charge is -2.17. The summed E-state index contributed by atoms with van der Waals surface area (Å²) < 4.78 is 0. The number of nitrogens with one attached hydrogen (secondary N) is 1. The van der Waals surface area contributed by atoms with Crippen LogP contribution in [-0.4, -0.2) is 18.9 Å². The van der Waals surface area contributed by atoms with E-state index in [1.165, 1.54) is 16.7 Å². The molecular weight excluding hydrogens is 344 g/mol. The van der Waals surface area contributed by atoms with Gasteiger partial charge in [-0.3, -0.25) is 9.59 Å². The summed E-state index contributed by atoms with van der Waals surface area (Å²) in [5, 5.41) is 2.73. The Morgan fingerprint density at radius 1 is 0.808 bits per heavy atom. The van der Waals surface area contributed by atoms with E-state index in [1.807, 2.05) is 66.7 Å². The van der Waals surface area contributed by atoms with Crippen LogP contribution in [0.3, 0.4) is 0 Å². The molecule has 0 aliphatic heterocycles. The van der Waals surface area contributed by atoms with Crippen LogP contribution in [0.25, 0.3) is 0 Å². The highest BCUT2D eigenvalue weighted by molar-refractivity contribution is 7.99. The van der Waals surface area contributed by atoms with Gasteiger partial charge in [0.05, 0.1) is 5.69 Å². The van der Waals surface area contributed by atoms with Crippen LogP contribution in [0.1, 0.15) is 0 Å². The van der Waals surface area contributed by atoms with E-state index < -0.39 is 11.8 Å². The van der Waals surface area contributed by atoms with Gasteiger partial charge in [0, 0.05) is 22.5 Å². The first kappa shape index (κ1) is 17.8. The summed E-state index contributed by atoms with van der Waals surface area (Å²) in [7, 11) is 1.59. The maximum absolute atomic E-state index is 12.4. The molecule has 0 saturated carbocycles. The first-order chi connectivity index (χ1) is 12.6. The summed E-state index contributed by atoms with van der Waals surface area (Å²) in [6.07, 6.45) is 0. The minimum atomic E-state index is -0.669. The lowest BCUT2D eigenvalue weighted by Crippen LogP contribution is -2.37. The van der Waals surface area contributed by atoms with Crippen molar-refractivity contribution in [3.05, 3.63) is 84.9 Å². The second-order valence-electron chi connectivity index (χ2n) is 5.57. The molecule has 0 radical (unpaired) electrons. The third-order valence-electron chi connectivity index (χ3n) is 3.75. The van der Waals surface area contributed by atoms with Gasteiger partial charge in [0.15, 0.2) is 0 Å². The molecular formula is C21H18N2O2S. The fourth-order valence-electron chi connectivity index (χ4n) is 2.37. The number of nitrogens with zero attached hydrogens (tertiary/aromatic N) is 1. The Kier molecular flexibility index (Phi) is 5.71. The number of hydrogen-bond donors (Lipinski definition) is 1. The predicted molar refractivity (Wildman–Crippen MR) is 105 cm³/mol. The standard InChI is InChI=1S/C21H18N2O2S/c1-23(16-10-4-2-5-11-16)21(25)20(24)22-18-14-8-9-15-19(18)26-17-12-6-3-7-13-17/h2-15H,1H3,(H,22,24). The first-order valence-corrected chi connectivity index (χ1v) is 8.93. The molecule has 3 rings (SSSR count). The smallest absolute Gasteiger partial charge is 0.316 e. The van der Waals surface area contributed by atoms with Crippen molar-refractivity contribution in [3.63, 3.8) is 0 Å². The second kappa shape index (κ2) is 8.36. The van der Waals surface area contributed by atoms with Gasteiger partial charge in [-0.15, -0.1) is 0 Å². The van der Waals surface area contributed by atoms with Gasteiger partial charge in [0.25, 0.3) is 0 Å². The van der Waals surface area contributed by atoms with E-state index in [1.54, 1.807) is 25.2 Å². The number of benzene rings is 3. The van der Waals surface area contributed by atoms with Gasteiger partial charge in [-0.25, -0.2) is 0 Å². The summed E-state index contributed by atoms with van der Waals surface area (Å²) in [5.74, 6) is -1.28. The number of para-hydroxylation sites is 2. The molecule has 1 N–H and O–H groups in total. The molecule has 0 bridgehead atoms. The molecule has 0 aromatic heterocycles. The summed E-state index contributed by atoms with van der Waals surface area (Å²) in [5.41, 5.74) is 1.28. The Balaban J connectivity index is 1.74. The lowest BCUT2D eigenvalue weighted by molar-refractivity contribution is -0.134. The summed E-state index contributed by atoms with van der Waals surface area (Å²) in [6.45, 7) is 0. The molecule has 5 heteroatoms. The van der Waals surface area contributed by atoms with Crippen molar-refractivity contribution in [3.8, 4) is 0 Å². The molecule has 0 fully saturated rings. The van der Waals surface area contributed by atoms with Gasteiger partial charge in [-0.1, -0.05) is 60.3 Å². The molecule has 3 aromatic rings. The number of anilines is 2. The topological polar surface area (TPSA) is 49.4 Å². The largest absolute Gasteiger partial charge is 0.317 e. The SMILES string of the molecule is CN(C(=O)C(=O)Nc1ccccc1Sc1ccccc1)c1ccccc1. The number of rotatable bonds is 4. The van der Waals surface area contributed by atoms with Gasteiger partial charge < -0.3 is 10.2 Å². The zero-order chi connectivity index (χ0) is 18.4. The fraction of sp³-hybridized carbons (Fsp3) is 0.0476. The van der Waals surface area contributed by atoms with Crippen molar-refractivity contribution in [1.82, 2.24) is 0 Å². The third kappa shape index (κ3) is 4.32. The van der Waals surface area contributed by atoms with Crippen LogP contribution in [0, 0.1) is 0 Å². The van der Waals surface area contributed by atoms with Gasteiger partial charge in [-0.2, -0.15) is 0 Å². The van der Waals surface area contributed by atoms with Gasteiger partial charge in [-0.05, 0) is 36.4 Å². The molecule has 3 aromatic carbocycles. The van der Waals surface area contributed by atoms with E-state index in [9.17, 15) is 9.59 Å². The van der Waals surface area contributed by atoms with Crippen LogP contribution in [0.15, 0.2) is 94.7 Å². The Morgan fingerprint density at radius 3 is 2.08 bits per heavy atom. The van der Waals surface area contributed by atoms with E-state index in [0.717, 1.165) is 9.79 Å². The quantitative estimate of drug-likeness (QED) is 0.698. The molecule has 0 saturated heterocycles. The highest BCUT2D eigenvalue weighted by atomic mass is 32.2. The molecule has 0 aliphatic rings. The van der Waals surface area contributed by atoms with E-state index in [-0.39, 0.29) is 0 Å². The third-order valence-corrected chi connectivity index (χ3v) is 4.83. The minimum absolute atomic E-state index is 0.612. The highest BCUT2D eigenvalue weighted by Gasteiger charge is 2.21. The Labute approximate surface area is 156 Å². The maximum atomic E-state index is 12.4. The van der Waals surface area contributed by atoms with Crippen molar-refractivity contribution in [2.45, 2.75) is 9.79 Å². The molecule has 0 spiro atoms. The zero-order valence-electron chi connectivity index (χ0n) is 14.3. The minimum Gasteiger partial charge on any atom is -0.317 e. The summed E-state index contributed by atoms with van der Waals surface area (Å²) in [4.78, 5) is 28.1. The average molecular weight is 362 g/mol. The summed E-state index contributed by atoms with van der Waals surface area (Å²) >= 11 is 1.53. The molecule has 0 heterocycles. The number of hydrogen-bond acceptors (Lipinski definition) is 3. The molecule has 0 aliphatic carbocycles. The van der Waals surface area contributed by atoms with Crippen molar-refractivity contribution in [2.24, 2.45) is 0 Å². The molecule has 0 unspecified atom stereocenters. The van der Waals surface area contributed by atoms with Crippen LogP contribution >= 0.6 is 11.8 Å². The van der Waals surface area contributed by atoms with E-state index >= 15 is 0 Å². The van der Waals surface area contributed by atoms with Crippen LogP contribution in [0.2, 0.25) is 0 Å². The van der Waals surface area contributed by atoms with Crippen molar-refractivity contribution in [1.29, 1.82) is 0 Å².